The van der Waals surface area contributed by atoms with Crippen LogP contribution in [0.3, 0.4) is 0 Å². The van der Waals surface area contributed by atoms with Gasteiger partial charge in [-0.15, -0.1) is 0 Å². The summed E-state index contributed by atoms with van der Waals surface area (Å²) in [7, 11) is 1.43. The van der Waals surface area contributed by atoms with E-state index >= 15 is 0 Å². The Kier molecular flexibility index (Phi) is 5.62. The topological polar surface area (TPSA) is 41.6 Å². The van der Waals surface area contributed by atoms with Crippen LogP contribution in [0, 0.1) is 6.92 Å². The second-order valence-corrected chi connectivity index (χ2v) is 5.80. The third-order valence-electron chi connectivity index (χ3n) is 4.07. The number of nitrogens with one attached hydrogen (secondary N) is 1. The zero-order chi connectivity index (χ0) is 15.2. The summed E-state index contributed by atoms with van der Waals surface area (Å²) in [6, 6.07) is 6.34. The highest BCUT2D eigenvalue weighted by Gasteiger charge is 2.20. The van der Waals surface area contributed by atoms with Crippen LogP contribution in [0.5, 0.6) is 0 Å². The van der Waals surface area contributed by atoms with E-state index in [1.807, 2.05) is 25.1 Å². The van der Waals surface area contributed by atoms with Crippen LogP contribution < -0.4 is 5.32 Å². The van der Waals surface area contributed by atoms with Gasteiger partial charge in [0.05, 0.1) is 12.7 Å². The average molecular weight is 290 g/mol. The van der Waals surface area contributed by atoms with Crippen molar-refractivity contribution >= 4 is 11.7 Å². The number of carbonyl (C=O) groups excluding carboxylic acids is 1. The number of methoxy groups -OCH3 is 1. The number of rotatable bonds is 5. The summed E-state index contributed by atoms with van der Waals surface area (Å²) in [6.07, 6.45) is 3.45. The van der Waals surface area contributed by atoms with Crippen molar-refractivity contribution in [1.82, 2.24) is 4.90 Å². The van der Waals surface area contributed by atoms with Gasteiger partial charge >= 0.3 is 5.97 Å². The van der Waals surface area contributed by atoms with Crippen molar-refractivity contribution in [3.05, 3.63) is 29.3 Å². The second kappa shape index (κ2) is 7.46. The third kappa shape index (κ3) is 4.21. The lowest BCUT2D eigenvalue weighted by Gasteiger charge is -2.33. The first-order valence-electron chi connectivity index (χ1n) is 7.82. The Balaban J connectivity index is 2.02. The number of nitrogens with zero attached hydrogens (tertiary/aromatic N) is 1. The fourth-order valence-electron chi connectivity index (χ4n) is 2.90. The number of hydrogen-bond acceptors (Lipinski definition) is 4. The molecule has 116 valence electrons. The maximum atomic E-state index is 11.9. The van der Waals surface area contributed by atoms with Crippen molar-refractivity contribution in [2.24, 2.45) is 0 Å². The number of ether oxygens (including phenoxy) is 1. The molecule has 0 radical (unpaired) electrons. The number of piperidine rings is 1. The van der Waals surface area contributed by atoms with Gasteiger partial charge in [-0.1, -0.05) is 18.6 Å². The molecule has 1 aromatic rings. The van der Waals surface area contributed by atoms with Gasteiger partial charge in [0.1, 0.15) is 0 Å². The molecule has 0 atom stereocenters. The Bertz CT molecular complexity index is 480. The average Bonchev–Trinajstić information content (AvgIpc) is 2.50. The smallest absolute Gasteiger partial charge is 0.339 e. The van der Waals surface area contributed by atoms with Crippen LogP contribution in [-0.4, -0.2) is 43.7 Å². The third-order valence-corrected chi connectivity index (χ3v) is 4.07. The molecule has 0 spiro atoms. The number of anilines is 1. The molecule has 0 saturated carbocycles. The zero-order valence-corrected chi connectivity index (χ0v) is 13.3. The summed E-state index contributed by atoms with van der Waals surface area (Å²) in [6.45, 7) is 7.65. The standard InChI is InChI=1S/C17H26N2O2/c1-4-9-19-10-7-14(8-11-19)18-16-6-5-13(2)12-15(16)17(20)21-3/h5-6,12,14,18H,4,7-11H2,1-3H3. The summed E-state index contributed by atoms with van der Waals surface area (Å²) in [5.41, 5.74) is 2.59. The maximum absolute atomic E-state index is 11.9. The maximum Gasteiger partial charge on any atom is 0.339 e. The van der Waals surface area contributed by atoms with Crippen molar-refractivity contribution in [2.45, 2.75) is 39.2 Å². The first-order valence-corrected chi connectivity index (χ1v) is 7.82. The molecule has 1 N–H and O–H groups in total. The van der Waals surface area contributed by atoms with Gasteiger partial charge in [-0.25, -0.2) is 4.79 Å². The molecule has 1 aromatic carbocycles. The molecule has 0 amide bonds. The molecule has 0 aromatic heterocycles. The molecule has 1 saturated heterocycles. The SMILES string of the molecule is CCCN1CCC(Nc2ccc(C)cc2C(=O)OC)CC1. The molecule has 2 rings (SSSR count). The lowest BCUT2D eigenvalue weighted by molar-refractivity contribution is 0.0601. The van der Waals surface area contributed by atoms with Crippen LogP contribution >= 0.6 is 0 Å². The number of aryl methyl sites for hydroxylation is 1. The van der Waals surface area contributed by atoms with Crippen LogP contribution in [0.25, 0.3) is 0 Å². The first kappa shape index (κ1) is 15.8. The fraction of sp³-hybridized carbons (Fsp3) is 0.588. The number of benzene rings is 1. The number of likely N-dealkylation sites (tertiary alicyclic amines) is 1. The molecule has 1 aliphatic rings. The predicted octanol–water partition coefficient (Wildman–Crippen LogP) is 3.07. The van der Waals surface area contributed by atoms with Gasteiger partial charge in [0.15, 0.2) is 0 Å². The second-order valence-electron chi connectivity index (χ2n) is 5.80. The van der Waals surface area contributed by atoms with E-state index in [-0.39, 0.29) is 5.97 Å². The van der Waals surface area contributed by atoms with Gasteiger partial charge in [-0.2, -0.15) is 0 Å². The molecule has 0 unspecified atom stereocenters. The van der Waals surface area contributed by atoms with Crippen molar-refractivity contribution in [3.8, 4) is 0 Å². The van der Waals surface area contributed by atoms with Crippen LogP contribution in [0.15, 0.2) is 18.2 Å². The minimum absolute atomic E-state index is 0.274. The first-order chi connectivity index (χ1) is 10.1. The number of carbonyl (C=O) groups is 1. The summed E-state index contributed by atoms with van der Waals surface area (Å²) in [4.78, 5) is 14.4. The summed E-state index contributed by atoms with van der Waals surface area (Å²) < 4.78 is 4.88. The molecule has 1 heterocycles. The lowest BCUT2D eigenvalue weighted by Crippen LogP contribution is -2.39. The normalized spacial score (nSPS) is 16.7. The number of esters is 1. The van der Waals surface area contributed by atoms with Gasteiger partial charge < -0.3 is 15.0 Å². The van der Waals surface area contributed by atoms with E-state index in [9.17, 15) is 4.79 Å². The van der Waals surface area contributed by atoms with Crippen LogP contribution in [-0.2, 0) is 4.74 Å². The van der Waals surface area contributed by atoms with E-state index in [0.29, 0.717) is 11.6 Å². The Morgan fingerprint density at radius 2 is 2.10 bits per heavy atom. The molecule has 4 heteroatoms. The van der Waals surface area contributed by atoms with Gasteiger partial charge in [0.2, 0.25) is 0 Å². The van der Waals surface area contributed by atoms with Crippen molar-refractivity contribution in [3.63, 3.8) is 0 Å². The lowest BCUT2D eigenvalue weighted by atomic mass is 10.0. The molecule has 0 bridgehead atoms. The van der Waals surface area contributed by atoms with E-state index in [1.54, 1.807) is 0 Å². The van der Waals surface area contributed by atoms with E-state index in [2.05, 4.69) is 17.1 Å². The summed E-state index contributed by atoms with van der Waals surface area (Å²) in [5, 5.41) is 3.53. The predicted molar refractivity (Wildman–Crippen MR) is 85.9 cm³/mol. The molecule has 1 aliphatic heterocycles. The highest BCUT2D eigenvalue weighted by Crippen LogP contribution is 2.22. The van der Waals surface area contributed by atoms with Gasteiger partial charge in [0, 0.05) is 24.8 Å². The van der Waals surface area contributed by atoms with Gasteiger partial charge in [-0.05, 0) is 44.9 Å². The highest BCUT2D eigenvalue weighted by molar-refractivity contribution is 5.95. The molecule has 21 heavy (non-hydrogen) atoms. The Morgan fingerprint density at radius 3 is 2.71 bits per heavy atom. The fourth-order valence-corrected chi connectivity index (χ4v) is 2.90. The van der Waals surface area contributed by atoms with Gasteiger partial charge in [-0.3, -0.25) is 0 Å². The van der Waals surface area contributed by atoms with E-state index in [1.165, 1.54) is 20.1 Å². The van der Waals surface area contributed by atoms with Crippen LogP contribution in [0.1, 0.15) is 42.1 Å². The summed E-state index contributed by atoms with van der Waals surface area (Å²) in [5.74, 6) is -0.274. The minimum Gasteiger partial charge on any atom is -0.465 e. The minimum atomic E-state index is -0.274. The Labute approximate surface area is 127 Å². The molecular formula is C17H26N2O2. The molecular weight excluding hydrogens is 264 g/mol. The highest BCUT2D eigenvalue weighted by atomic mass is 16.5. The van der Waals surface area contributed by atoms with Crippen molar-refractivity contribution in [1.29, 1.82) is 0 Å². The number of hydrogen-bond donors (Lipinski definition) is 1. The largest absolute Gasteiger partial charge is 0.465 e. The van der Waals surface area contributed by atoms with Crippen molar-refractivity contribution in [2.75, 3.05) is 32.1 Å². The summed E-state index contributed by atoms with van der Waals surface area (Å²) >= 11 is 0. The van der Waals surface area contributed by atoms with Gasteiger partial charge in [0.25, 0.3) is 0 Å². The zero-order valence-electron chi connectivity index (χ0n) is 13.3. The van der Waals surface area contributed by atoms with Crippen LogP contribution in [0.4, 0.5) is 5.69 Å². The van der Waals surface area contributed by atoms with E-state index < -0.39 is 0 Å². The van der Waals surface area contributed by atoms with E-state index in [4.69, 9.17) is 4.74 Å². The quantitative estimate of drug-likeness (QED) is 0.846. The molecule has 4 nitrogen and oxygen atoms in total. The van der Waals surface area contributed by atoms with Crippen molar-refractivity contribution < 1.29 is 9.53 Å². The monoisotopic (exact) mass is 290 g/mol. The Morgan fingerprint density at radius 1 is 1.38 bits per heavy atom. The molecule has 1 fully saturated rings. The Hall–Kier alpha value is -1.55. The molecule has 0 aliphatic carbocycles. The van der Waals surface area contributed by atoms with Crippen LogP contribution in [0.2, 0.25) is 0 Å². The van der Waals surface area contributed by atoms with E-state index in [0.717, 1.165) is 37.2 Å².